The highest BCUT2D eigenvalue weighted by Gasteiger charge is 2.34. The van der Waals surface area contributed by atoms with Crippen LogP contribution in [0.2, 0.25) is 0 Å². The van der Waals surface area contributed by atoms with Gasteiger partial charge in [-0.05, 0) is 31.2 Å². The Morgan fingerprint density at radius 1 is 1.43 bits per heavy atom. The molecule has 0 spiro atoms. The highest BCUT2D eigenvalue weighted by Crippen LogP contribution is 2.21. The molecule has 0 saturated carbocycles. The van der Waals surface area contributed by atoms with Gasteiger partial charge in [0.25, 0.3) is 0 Å². The average molecular weight is 320 g/mol. The van der Waals surface area contributed by atoms with Crippen LogP contribution in [-0.4, -0.2) is 61.6 Å². The summed E-state index contributed by atoms with van der Waals surface area (Å²) in [6.45, 7) is 4.65. The van der Waals surface area contributed by atoms with E-state index in [0.29, 0.717) is 25.3 Å². The highest BCUT2D eigenvalue weighted by molar-refractivity contribution is 7.91. The quantitative estimate of drug-likeness (QED) is 0.656. The van der Waals surface area contributed by atoms with Gasteiger partial charge < -0.3 is 15.7 Å². The highest BCUT2D eigenvalue weighted by atomic mass is 32.2. The molecule has 21 heavy (non-hydrogen) atoms. The molecule has 0 aromatic heterocycles. The van der Waals surface area contributed by atoms with Gasteiger partial charge >= 0.3 is 0 Å². The zero-order chi connectivity index (χ0) is 16.0. The molecule has 0 bridgehead atoms. The normalized spacial score (nSPS) is 22.4. The summed E-state index contributed by atoms with van der Waals surface area (Å²) in [6.07, 6.45) is 1.66. The van der Waals surface area contributed by atoms with E-state index in [0.717, 1.165) is 6.42 Å². The standard InChI is InChI=1S/C14H28N2O4S/c1-11(2)7-12(9-15)8-14(18)16(4-5-17)13-3-6-21(19,20)10-13/h11-13,17H,3-10,15H2,1-2H3/t12-,13?/m0/s1. The number of aliphatic hydroxyl groups excluding tert-OH is 1. The fourth-order valence-electron chi connectivity index (χ4n) is 2.93. The van der Waals surface area contributed by atoms with Gasteiger partial charge in [-0.25, -0.2) is 8.42 Å². The predicted octanol–water partition coefficient (Wildman–Crippen LogP) is 0.00550. The molecule has 0 aromatic carbocycles. The Labute approximate surface area is 127 Å². The number of carbonyl (C=O) groups excluding carboxylic acids is 1. The van der Waals surface area contributed by atoms with Gasteiger partial charge in [0.1, 0.15) is 0 Å². The lowest BCUT2D eigenvalue weighted by atomic mass is 9.93. The van der Waals surface area contributed by atoms with Crippen molar-refractivity contribution in [1.82, 2.24) is 4.90 Å². The number of nitrogens with zero attached hydrogens (tertiary/aromatic N) is 1. The molecule has 6 nitrogen and oxygen atoms in total. The first kappa shape index (κ1) is 18.4. The molecular formula is C14H28N2O4S. The summed E-state index contributed by atoms with van der Waals surface area (Å²) in [4.78, 5) is 14.0. The van der Waals surface area contributed by atoms with Crippen molar-refractivity contribution in [2.45, 2.75) is 39.2 Å². The Kier molecular flexibility index (Phi) is 7.09. The van der Waals surface area contributed by atoms with E-state index in [1.54, 1.807) is 0 Å². The smallest absolute Gasteiger partial charge is 0.223 e. The summed E-state index contributed by atoms with van der Waals surface area (Å²) in [5, 5.41) is 9.14. The fraction of sp³-hybridized carbons (Fsp3) is 0.929. The zero-order valence-corrected chi connectivity index (χ0v) is 13.8. The number of sulfone groups is 1. The second kappa shape index (κ2) is 8.10. The van der Waals surface area contributed by atoms with E-state index < -0.39 is 9.84 Å². The second-order valence-corrected chi connectivity index (χ2v) is 8.53. The largest absolute Gasteiger partial charge is 0.395 e. The maximum Gasteiger partial charge on any atom is 0.223 e. The monoisotopic (exact) mass is 320 g/mol. The van der Waals surface area contributed by atoms with Gasteiger partial charge in [-0.2, -0.15) is 0 Å². The Morgan fingerprint density at radius 2 is 2.10 bits per heavy atom. The molecule has 1 aliphatic heterocycles. The van der Waals surface area contributed by atoms with Crippen molar-refractivity contribution in [3.63, 3.8) is 0 Å². The van der Waals surface area contributed by atoms with Crippen molar-refractivity contribution in [1.29, 1.82) is 0 Å². The predicted molar refractivity (Wildman–Crippen MR) is 82.5 cm³/mol. The van der Waals surface area contributed by atoms with Crippen LogP contribution in [0.3, 0.4) is 0 Å². The Balaban J connectivity index is 2.69. The molecule has 1 unspecified atom stereocenters. The molecule has 1 aliphatic rings. The molecule has 0 aromatic rings. The first-order chi connectivity index (χ1) is 9.79. The van der Waals surface area contributed by atoms with Crippen LogP contribution >= 0.6 is 0 Å². The minimum atomic E-state index is -3.05. The molecule has 1 rings (SSSR count). The second-order valence-electron chi connectivity index (χ2n) is 6.30. The van der Waals surface area contributed by atoms with Crippen LogP contribution in [0.25, 0.3) is 0 Å². The maximum absolute atomic E-state index is 12.4. The Morgan fingerprint density at radius 3 is 2.52 bits per heavy atom. The van der Waals surface area contributed by atoms with Crippen LogP contribution in [0.15, 0.2) is 0 Å². The third-order valence-corrected chi connectivity index (χ3v) is 5.66. The molecule has 124 valence electrons. The summed E-state index contributed by atoms with van der Waals surface area (Å²) in [6, 6.07) is -0.299. The van der Waals surface area contributed by atoms with Gasteiger partial charge in [-0.3, -0.25) is 4.79 Å². The third-order valence-electron chi connectivity index (χ3n) is 3.91. The molecule has 7 heteroatoms. The Bertz CT molecular complexity index is 436. The van der Waals surface area contributed by atoms with Crippen molar-refractivity contribution >= 4 is 15.7 Å². The molecular weight excluding hydrogens is 292 g/mol. The molecule has 1 saturated heterocycles. The molecule has 1 fully saturated rings. The molecule has 2 atom stereocenters. The molecule has 1 amide bonds. The van der Waals surface area contributed by atoms with Crippen molar-refractivity contribution in [3.05, 3.63) is 0 Å². The lowest BCUT2D eigenvalue weighted by molar-refractivity contribution is -0.134. The number of amides is 1. The van der Waals surface area contributed by atoms with Crippen LogP contribution in [0.4, 0.5) is 0 Å². The van der Waals surface area contributed by atoms with Crippen LogP contribution in [0.1, 0.15) is 33.1 Å². The number of hydrogen-bond acceptors (Lipinski definition) is 5. The number of carbonyl (C=O) groups is 1. The van der Waals surface area contributed by atoms with Crippen LogP contribution < -0.4 is 5.73 Å². The maximum atomic E-state index is 12.4. The fourth-order valence-corrected chi connectivity index (χ4v) is 4.66. The lowest BCUT2D eigenvalue weighted by Crippen LogP contribution is -2.44. The van der Waals surface area contributed by atoms with Gasteiger partial charge in [0, 0.05) is 19.0 Å². The summed E-state index contributed by atoms with van der Waals surface area (Å²) in [5.41, 5.74) is 5.72. The van der Waals surface area contributed by atoms with E-state index in [1.165, 1.54) is 4.90 Å². The average Bonchev–Trinajstić information content (AvgIpc) is 2.74. The summed E-state index contributed by atoms with van der Waals surface area (Å²) in [5.74, 6) is 0.610. The first-order valence-electron chi connectivity index (χ1n) is 7.60. The minimum Gasteiger partial charge on any atom is -0.395 e. The van der Waals surface area contributed by atoms with Crippen molar-refractivity contribution in [2.24, 2.45) is 17.6 Å². The molecule has 0 radical (unpaired) electrons. The molecule has 1 heterocycles. The SMILES string of the molecule is CC(C)C[C@H](CN)CC(=O)N(CCO)C1CCS(=O)(=O)C1. The first-order valence-corrected chi connectivity index (χ1v) is 9.42. The minimum absolute atomic E-state index is 0.0101. The van der Waals surface area contributed by atoms with E-state index in [4.69, 9.17) is 10.8 Å². The van der Waals surface area contributed by atoms with Crippen LogP contribution in [0, 0.1) is 11.8 Å². The topological polar surface area (TPSA) is 101 Å². The van der Waals surface area contributed by atoms with Crippen LogP contribution in [-0.2, 0) is 14.6 Å². The van der Waals surface area contributed by atoms with Crippen molar-refractivity contribution < 1.29 is 18.3 Å². The number of aliphatic hydroxyl groups is 1. The van der Waals surface area contributed by atoms with Gasteiger partial charge in [0.2, 0.25) is 5.91 Å². The van der Waals surface area contributed by atoms with Crippen molar-refractivity contribution in [2.75, 3.05) is 31.2 Å². The molecule has 0 aliphatic carbocycles. The van der Waals surface area contributed by atoms with Gasteiger partial charge in [-0.1, -0.05) is 13.8 Å². The van der Waals surface area contributed by atoms with Gasteiger partial charge in [-0.15, -0.1) is 0 Å². The summed E-state index contributed by atoms with van der Waals surface area (Å²) >= 11 is 0. The van der Waals surface area contributed by atoms with Crippen molar-refractivity contribution in [3.8, 4) is 0 Å². The number of nitrogens with two attached hydrogens (primary N) is 1. The summed E-state index contributed by atoms with van der Waals surface area (Å²) in [7, 11) is -3.05. The van der Waals surface area contributed by atoms with Gasteiger partial charge in [0.15, 0.2) is 9.84 Å². The molecule has 3 N–H and O–H groups in total. The summed E-state index contributed by atoms with van der Waals surface area (Å²) < 4.78 is 23.2. The lowest BCUT2D eigenvalue weighted by Gasteiger charge is -2.29. The van der Waals surface area contributed by atoms with Gasteiger partial charge in [0.05, 0.1) is 18.1 Å². The Hall–Kier alpha value is -0.660. The van der Waals surface area contributed by atoms with E-state index in [-0.39, 0.29) is 42.5 Å². The van der Waals surface area contributed by atoms with E-state index in [1.807, 2.05) is 0 Å². The van der Waals surface area contributed by atoms with E-state index in [9.17, 15) is 13.2 Å². The van der Waals surface area contributed by atoms with E-state index in [2.05, 4.69) is 13.8 Å². The van der Waals surface area contributed by atoms with E-state index >= 15 is 0 Å². The van der Waals surface area contributed by atoms with Crippen LogP contribution in [0.5, 0.6) is 0 Å². The zero-order valence-electron chi connectivity index (χ0n) is 13.0. The number of rotatable bonds is 8. The number of hydrogen-bond donors (Lipinski definition) is 2. The third kappa shape index (κ3) is 5.92.